The Morgan fingerprint density at radius 2 is 0.900 bits per heavy atom. The third kappa shape index (κ3) is 3.73. The highest BCUT2D eigenvalue weighted by molar-refractivity contribution is 7.99. The van der Waals surface area contributed by atoms with E-state index in [-0.39, 0.29) is 5.76 Å². The maximum atomic E-state index is 13.1. The summed E-state index contributed by atoms with van der Waals surface area (Å²) in [5.41, 5.74) is 0.672. The van der Waals surface area contributed by atoms with Crippen LogP contribution in [0.15, 0.2) is 139 Å². The second kappa shape index (κ2) is 8.95. The van der Waals surface area contributed by atoms with E-state index < -0.39 is 7.26 Å². The van der Waals surface area contributed by atoms with Crippen LogP contribution in [-0.2, 0) is 0 Å². The van der Waals surface area contributed by atoms with Gasteiger partial charge in [-0.25, -0.2) is 0 Å². The molecule has 0 saturated heterocycles. The average Bonchev–Trinajstić information content (AvgIpc) is 2.82. The van der Waals surface area contributed by atoms with Crippen LogP contribution in [0.3, 0.4) is 0 Å². The van der Waals surface area contributed by atoms with E-state index in [4.69, 9.17) is 0 Å². The molecule has 0 amide bonds. The predicted octanol–water partition coefficient (Wildman–Crippen LogP) is 4.90. The van der Waals surface area contributed by atoms with E-state index in [2.05, 4.69) is 79.4 Å². The Bertz CT molecular complexity index is 1040. The zero-order valence-electron chi connectivity index (χ0n) is 16.7. The maximum absolute atomic E-state index is 13.1. The molecule has 0 aliphatic heterocycles. The molecule has 0 aliphatic carbocycles. The summed E-state index contributed by atoms with van der Waals surface area (Å²) in [6, 6.07) is 40.7. The molecule has 0 unspecified atom stereocenters. The Hall–Kier alpha value is -3.41. The molecule has 0 radical (unpaired) electrons. The largest absolute Gasteiger partial charge is 0.872 e. The van der Waals surface area contributed by atoms with E-state index in [1.54, 1.807) is 6.08 Å². The first kappa shape index (κ1) is 19.9. The molecule has 0 bridgehead atoms. The molecule has 146 valence electrons. The summed E-state index contributed by atoms with van der Waals surface area (Å²) in [5.74, 6) is -0.0206. The summed E-state index contributed by atoms with van der Waals surface area (Å²) in [4.78, 5) is 0. The van der Waals surface area contributed by atoms with Crippen molar-refractivity contribution in [1.82, 2.24) is 0 Å². The van der Waals surface area contributed by atoms with Gasteiger partial charge in [0.05, 0.1) is 0 Å². The minimum atomic E-state index is -2.29. The first-order valence-corrected chi connectivity index (χ1v) is 11.7. The number of hydrogen-bond donors (Lipinski definition) is 0. The van der Waals surface area contributed by atoms with Gasteiger partial charge in [0.2, 0.25) is 0 Å². The smallest absolute Gasteiger partial charge is 0.143 e. The fourth-order valence-electron chi connectivity index (χ4n) is 3.83. The highest BCUT2D eigenvalue weighted by Gasteiger charge is 2.47. The van der Waals surface area contributed by atoms with Gasteiger partial charge in [0.25, 0.3) is 0 Å². The summed E-state index contributed by atoms with van der Waals surface area (Å²) in [7, 11) is -2.29. The summed E-state index contributed by atoms with van der Waals surface area (Å²) in [5, 5.41) is 17.5. The predicted molar refractivity (Wildman–Crippen MR) is 129 cm³/mol. The van der Waals surface area contributed by atoms with E-state index in [1.165, 1.54) is 15.9 Å². The van der Waals surface area contributed by atoms with Gasteiger partial charge in [-0.3, -0.25) is 0 Å². The van der Waals surface area contributed by atoms with Gasteiger partial charge in [0, 0.05) is 0 Å². The van der Waals surface area contributed by atoms with Crippen LogP contribution in [0.25, 0.3) is 5.76 Å². The lowest BCUT2D eigenvalue weighted by molar-refractivity contribution is -0.243. The summed E-state index contributed by atoms with van der Waals surface area (Å²) < 4.78 is 0. The Labute approximate surface area is 179 Å². The van der Waals surface area contributed by atoms with Gasteiger partial charge < -0.3 is 5.11 Å². The van der Waals surface area contributed by atoms with Crippen LogP contribution in [0, 0.1) is 0 Å². The standard InChI is InChI=1S/C28H23OP/c1-23(22-28(29)24-14-6-2-7-15-24)30(25-16-8-3-9-17-25,26-18-10-4-11-19-26)27-20-12-5-13-21-27/h2-22H,1H2/b28-22-. The van der Waals surface area contributed by atoms with Crippen molar-refractivity contribution < 1.29 is 5.11 Å². The molecular formula is C28H23OP. The van der Waals surface area contributed by atoms with Crippen molar-refractivity contribution in [2.45, 2.75) is 0 Å². The minimum absolute atomic E-state index is 0.0206. The molecule has 4 aromatic rings. The van der Waals surface area contributed by atoms with Gasteiger partial charge in [-0.05, 0) is 48.0 Å². The third-order valence-electron chi connectivity index (χ3n) is 5.22. The van der Waals surface area contributed by atoms with Gasteiger partial charge in [0.15, 0.2) is 0 Å². The highest BCUT2D eigenvalue weighted by atomic mass is 31.2. The Kier molecular flexibility index (Phi) is 5.93. The second-order valence-electron chi connectivity index (χ2n) is 7.04. The normalized spacial score (nSPS) is 11.8. The molecular weight excluding hydrogens is 383 g/mol. The van der Waals surface area contributed by atoms with Crippen molar-refractivity contribution in [3.8, 4) is 0 Å². The SMILES string of the molecule is C=C(/C=C(\[O-])c1ccccc1)[P+](c1ccccc1)(c1ccccc1)c1ccccc1. The fraction of sp³-hybridized carbons (Fsp3) is 0. The zero-order valence-corrected chi connectivity index (χ0v) is 17.6. The van der Waals surface area contributed by atoms with Crippen LogP contribution < -0.4 is 21.0 Å². The molecule has 0 atom stereocenters. The Morgan fingerprint density at radius 1 is 0.567 bits per heavy atom. The maximum Gasteiger partial charge on any atom is 0.143 e. The first-order valence-electron chi connectivity index (χ1n) is 9.92. The molecule has 0 aliphatic rings. The molecule has 2 heteroatoms. The van der Waals surface area contributed by atoms with Gasteiger partial charge in [-0.2, -0.15) is 0 Å². The van der Waals surface area contributed by atoms with Gasteiger partial charge in [-0.1, -0.05) is 97.3 Å². The number of allylic oxidation sites excluding steroid dienone is 2. The van der Waals surface area contributed by atoms with E-state index >= 15 is 0 Å². The molecule has 0 aromatic heterocycles. The Balaban J connectivity index is 1.99. The van der Waals surface area contributed by atoms with Crippen molar-refractivity contribution in [1.29, 1.82) is 0 Å². The van der Waals surface area contributed by atoms with Crippen LogP contribution >= 0.6 is 7.26 Å². The highest BCUT2D eigenvalue weighted by Crippen LogP contribution is 2.62. The van der Waals surface area contributed by atoms with Crippen LogP contribution in [0.5, 0.6) is 0 Å². The Morgan fingerprint density at radius 3 is 1.27 bits per heavy atom. The second-order valence-corrected chi connectivity index (χ2v) is 10.5. The quantitative estimate of drug-likeness (QED) is 0.254. The monoisotopic (exact) mass is 406 g/mol. The fourth-order valence-corrected chi connectivity index (χ4v) is 7.89. The summed E-state index contributed by atoms with van der Waals surface area (Å²) >= 11 is 0. The van der Waals surface area contributed by atoms with Crippen LogP contribution in [0.2, 0.25) is 0 Å². The van der Waals surface area contributed by atoms with Gasteiger partial charge in [-0.15, -0.1) is 0 Å². The van der Waals surface area contributed by atoms with Crippen molar-refractivity contribution in [2.75, 3.05) is 0 Å². The van der Waals surface area contributed by atoms with Crippen LogP contribution in [-0.4, -0.2) is 0 Å². The summed E-state index contributed by atoms with van der Waals surface area (Å²) in [6.45, 7) is 4.49. The van der Waals surface area contributed by atoms with Crippen molar-refractivity contribution >= 4 is 28.9 Å². The van der Waals surface area contributed by atoms with Crippen molar-refractivity contribution in [2.24, 2.45) is 0 Å². The molecule has 0 spiro atoms. The van der Waals surface area contributed by atoms with Gasteiger partial charge in [0.1, 0.15) is 28.5 Å². The van der Waals surface area contributed by atoms with E-state index in [0.717, 1.165) is 5.31 Å². The lowest BCUT2D eigenvalue weighted by Crippen LogP contribution is -2.32. The molecule has 4 rings (SSSR count). The number of rotatable bonds is 6. The topological polar surface area (TPSA) is 23.1 Å². The van der Waals surface area contributed by atoms with E-state index in [0.29, 0.717) is 5.56 Å². The first-order chi connectivity index (χ1) is 14.7. The van der Waals surface area contributed by atoms with Crippen molar-refractivity contribution in [3.05, 3.63) is 145 Å². The van der Waals surface area contributed by atoms with E-state index in [9.17, 15) is 5.11 Å². The molecule has 0 N–H and O–H groups in total. The lowest BCUT2D eigenvalue weighted by Gasteiger charge is -2.28. The lowest BCUT2D eigenvalue weighted by atomic mass is 10.2. The molecule has 0 heterocycles. The van der Waals surface area contributed by atoms with E-state index in [1.807, 2.05) is 48.5 Å². The molecule has 0 saturated carbocycles. The third-order valence-corrected chi connectivity index (χ3v) is 9.43. The number of hydrogen-bond acceptors (Lipinski definition) is 1. The summed E-state index contributed by atoms with van der Waals surface area (Å²) in [6.07, 6.45) is 1.73. The molecule has 4 aromatic carbocycles. The van der Waals surface area contributed by atoms with Gasteiger partial charge >= 0.3 is 0 Å². The van der Waals surface area contributed by atoms with Crippen LogP contribution in [0.4, 0.5) is 0 Å². The molecule has 1 nitrogen and oxygen atoms in total. The van der Waals surface area contributed by atoms with Crippen molar-refractivity contribution in [3.63, 3.8) is 0 Å². The zero-order chi connectivity index (χ0) is 20.8. The molecule has 0 fully saturated rings. The molecule has 30 heavy (non-hydrogen) atoms. The number of benzene rings is 4. The average molecular weight is 406 g/mol. The minimum Gasteiger partial charge on any atom is -0.872 e. The van der Waals surface area contributed by atoms with Crippen LogP contribution in [0.1, 0.15) is 5.56 Å².